The number of nitrogens with one attached hydrogen (secondary N) is 1. The van der Waals surface area contributed by atoms with Crippen LogP contribution in [0.4, 0.5) is 0 Å². The van der Waals surface area contributed by atoms with Crippen molar-refractivity contribution in [2.45, 2.75) is 30.7 Å². The standard InChI is InChI=1S/C17H23N3O4S/c1-2-20(10-9-19-11-16(21)22)15(17(23)24)8-5-13-3-6-14(7-4-13)25-12-18/h3-4,6-7,15,19H,2,5,8-11H2,1H3,(H,21,22)(H,23,24). The molecule has 0 aliphatic heterocycles. The second kappa shape index (κ2) is 11.5. The first-order valence-corrected chi connectivity index (χ1v) is 8.83. The maximum atomic E-state index is 11.6. The fourth-order valence-electron chi connectivity index (χ4n) is 2.49. The highest BCUT2D eigenvalue weighted by Crippen LogP contribution is 2.18. The van der Waals surface area contributed by atoms with Gasteiger partial charge in [0.1, 0.15) is 11.4 Å². The maximum absolute atomic E-state index is 11.6. The van der Waals surface area contributed by atoms with Crippen LogP contribution < -0.4 is 5.32 Å². The molecular weight excluding hydrogens is 342 g/mol. The van der Waals surface area contributed by atoms with E-state index in [0.29, 0.717) is 32.5 Å². The van der Waals surface area contributed by atoms with Gasteiger partial charge in [-0.05, 0) is 48.8 Å². The summed E-state index contributed by atoms with van der Waals surface area (Å²) in [5, 5.41) is 31.5. The van der Waals surface area contributed by atoms with E-state index in [1.54, 1.807) is 0 Å². The van der Waals surface area contributed by atoms with Gasteiger partial charge in [0, 0.05) is 18.0 Å². The summed E-state index contributed by atoms with van der Waals surface area (Å²) in [4.78, 5) is 24.8. The van der Waals surface area contributed by atoms with Crippen molar-refractivity contribution in [3.05, 3.63) is 29.8 Å². The zero-order valence-corrected chi connectivity index (χ0v) is 15.0. The maximum Gasteiger partial charge on any atom is 0.320 e. The van der Waals surface area contributed by atoms with Crippen molar-refractivity contribution in [3.8, 4) is 5.40 Å². The molecule has 0 saturated heterocycles. The molecule has 0 heterocycles. The van der Waals surface area contributed by atoms with Crippen LogP contribution in [-0.2, 0) is 16.0 Å². The molecule has 1 unspecified atom stereocenters. The normalized spacial score (nSPS) is 11.9. The quantitative estimate of drug-likeness (QED) is 0.291. The number of nitriles is 1. The molecule has 0 aliphatic carbocycles. The van der Waals surface area contributed by atoms with Crippen molar-refractivity contribution in [3.63, 3.8) is 0 Å². The van der Waals surface area contributed by atoms with Gasteiger partial charge < -0.3 is 15.5 Å². The van der Waals surface area contributed by atoms with Gasteiger partial charge in [-0.25, -0.2) is 0 Å². The minimum absolute atomic E-state index is 0.137. The van der Waals surface area contributed by atoms with Crippen molar-refractivity contribution < 1.29 is 19.8 Å². The molecule has 0 aromatic heterocycles. The molecule has 0 bridgehead atoms. The Morgan fingerprint density at radius 2 is 2.00 bits per heavy atom. The summed E-state index contributed by atoms with van der Waals surface area (Å²) in [5.74, 6) is -1.81. The van der Waals surface area contributed by atoms with Gasteiger partial charge in [-0.15, -0.1) is 0 Å². The van der Waals surface area contributed by atoms with E-state index in [0.717, 1.165) is 22.2 Å². The smallest absolute Gasteiger partial charge is 0.320 e. The molecule has 1 rings (SSSR count). The Morgan fingerprint density at radius 3 is 2.52 bits per heavy atom. The summed E-state index contributed by atoms with van der Waals surface area (Å²) in [6, 6.07) is 6.90. The van der Waals surface area contributed by atoms with Crippen LogP contribution in [0.15, 0.2) is 29.2 Å². The highest BCUT2D eigenvalue weighted by molar-refractivity contribution is 8.03. The van der Waals surface area contributed by atoms with Crippen LogP contribution in [-0.4, -0.2) is 59.3 Å². The van der Waals surface area contributed by atoms with Crippen molar-refractivity contribution in [2.24, 2.45) is 0 Å². The molecule has 25 heavy (non-hydrogen) atoms. The van der Waals surface area contributed by atoms with Gasteiger partial charge in [0.2, 0.25) is 0 Å². The van der Waals surface area contributed by atoms with E-state index >= 15 is 0 Å². The summed E-state index contributed by atoms with van der Waals surface area (Å²) in [6.07, 6.45) is 1.08. The topological polar surface area (TPSA) is 114 Å². The van der Waals surface area contributed by atoms with Gasteiger partial charge in [0.05, 0.1) is 6.54 Å². The first kappa shape index (κ1) is 21.0. The average molecular weight is 365 g/mol. The molecule has 0 fully saturated rings. The zero-order valence-electron chi connectivity index (χ0n) is 14.1. The largest absolute Gasteiger partial charge is 0.480 e. The Kier molecular flexibility index (Phi) is 9.62. The molecular formula is C17H23N3O4S. The van der Waals surface area contributed by atoms with Crippen LogP contribution in [0.5, 0.6) is 0 Å². The van der Waals surface area contributed by atoms with Crippen LogP contribution in [0.2, 0.25) is 0 Å². The van der Waals surface area contributed by atoms with Gasteiger partial charge in [-0.1, -0.05) is 19.1 Å². The average Bonchev–Trinajstić information content (AvgIpc) is 2.58. The predicted octanol–water partition coefficient (Wildman–Crippen LogP) is 1.64. The van der Waals surface area contributed by atoms with Gasteiger partial charge >= 0.3 is 11.9 Å². The molecule has 3 N–H and O–H groups in total. The van der Waals surface area contributed by atoms with Crippen LogP contribution in [0.3, 0.4) is 0 Å². The summed E-state index contributed by atoms with van der Waals surface area (Å²) in [7, 11) is 0. The Balaban J connectivity index is 2.57. The number of carboxylic acid groups (broad SMARTS) is 2. The lowest BCUT2D eigenvalue weighted by Gasteiger charge is -2.27. The molecule has 1 atom stereocenters. The molecule has 8 heteroatoms. The molecule has 1 aromatic rings. The number of carboxylic acids is 2. The number of hydrogen-bond donors (Lipinski definition) is 3. The Morgan fingerprint density at radius 1 is 1.32 bits per heavy atom. The number of aryl methyl sites for hydroxylation is 1. The third kappa shape index (κ3) is 8.03. The van der Waals surface area contributed by atoms with E-state index in [1.165, 1.54) is 0 Å². The third-order valence-electron chi connectivity index (χ3n) is 3.78. The van der Waals surface area contributed by atoms with Gasteiger partial charge in [0.25, 0.3) is 0 Å². The van der Waals surface area contributed by atoms with Gasteiger partial charge in [0.15, 0.2) is 0 Å². The number of hydrogen-bond acceptors (Lipinski definition) is 6. The van der Waals surface area contributed by atoms with Crippen LogP contribution >= 0.6 is 11.8 Å². The summed E-state index contributed by atoms with van der Waals surface area (Å²) >= 11 is 1.09. The Bertz CT molecular complexity index is 601. The lowest BCUT2D eigenvalue weighted by molar-refractivity contribution is -0.143. The lowest BCUT2D eigenvalue weighted by atomic mass is 10.0. The monoisotopic (exact) mass is 365 g/mol. The van der Waals surface area contributed by atoms with E-state index in [-0.39, 0.29) is 6.54 Å². The van der Waals surface area contributed by atoms with E-state index < -0.39 is 18.0 Å². The van der Waals surface area contributed by atoms with Crippen molar-refractivity contribution >= 4 is 23.7 Å². The third-order valence-corrected chi connectivity index (χ3v) is 4.38. The van der Waals surface area contributed by atoms with E-state index in [4.69, 9.17) is 10.4 Å². The van der Waals surface area contributed by atoms with Crippen molar-refractivity contribution in [1.82, 2.24) is 10.2 Å². The number of rotatable bonds is 12. The number of aliphatic carboxylic acids is 2. The second-order valence-electron chi connectivity index (χ2n) is 5.43. The van der Waals surface area contributed by atoms with Crippen LogP contribution in [0, 0.1) is 10.7 Å². The van der Waals surface area contributed by atoms with E-state index in [1.807, 2.05) is 41.5 Å². The number of thioether (sulfide) groups is 1. The molecule has 0 aliphatic rings. The Labute approximate surface area is 151 Å². The molecule has 1 aromatic carbocycles. The number of nitrogens with zero attached hydrogens (tertiary/aromatic N) is 2. The van der Waals surface area contributed by atoms with E-state index in [2.05, 4.69) is 5.32 Å². The van der Waals surface area contributed by atoms with Gasteiger partial charge in [-0.3, -0.25) is 14.5 Å². The molecule has 0 spiro atoms. The summed E-state index contributed by atoms with van der Waals surface area (Å²) < 4.78 is 0. The Hall–Kier alpha value is -2.08. The fraction of sp³-hybridized carbons (Fsp3) is 0.471. The highest BCUT2D eigenvalue weighted by Gasteiger charge is 2.23. The first-order chi connectivity index (χ1) is 12.0. The summed E-state index contributed by atoms with van der Waals surface area (Å²) in [5.41, 5.74) is 1.02. The number of likely N-dealkylation sites (N-methyl/N-ethyl adjacent to an activating group) is 1. The number of thiocyanates is 1. The number of carbonyl (C=O) groups is 2. The van der Waals surface area contributed by atoms with Crippen LogP contribution in [0.25, 0.3) is 0 Å². The first-order valence-electron chi connectivity index (χ1n) is 8.02. The van der Waals surface area contributed by atoms with Gasteiger partial charge in [-0.2, -0.15) is 5.26 Å². The second-order valence-corrected chi connectivity index (χ2v) is 6.29. The molecule has 0 radical (unpaired) electrons. The fourth-order valence-corrected chi connectivity index (χ4v) is 2.87. The minimum Gasteiger partial charge on any atom is -0.480 e. The SMILES string of the molecule is CCN(CCNCC(=O)O)C(CCc1ccc(SC#N)cc1)C(=O)O. The molecule has 7 nitrogen and oxygen atoms in total. The zero-order chi connectivity index (χ0) is 18.7. The molecule has 136 valence electrons. The molecule has 0 amide bonds. The summed E-state index contributed by atoms with van der Waals surface area (Å²) in [6.45, 7) is 3.22. The van der Waals surface area contributed by atoms with E-state index in [9.17, 15) is 14.7 Å². The molecule has 0 saturated carbocycles. The lowest BCUT2D eigenvalue weighted by Crippen LogP contribution is -2.45. The number of benzene rings is 1. The predicted molar refractivity (Wildman–Crippen MR) is 95.4 cm³/mol. The minimum atomic E-state index is -0.934. The van der Waals surface area contributed by atoms with Crippen molar-refractivity contribution in [1.29, 1.82) is 5.26 Å². The highest BCUT2D eigenvalue weighted by atomic mass is 32.2. The van der Waals surface area contributed by atoms with Crippen molar-refractivity contribution in [2.75, 3.05) is 26.2 Å². The van der Waals surface area contributed by atoms with Crippen LogP contribution in [0.1, 0.15) is 18.9 Å².